The number of aromatic nitrogens is 2. The zero-order valence-electron chi connectivity index (χ0n) is 4.09. The van der Waals surface area contributed by atoms with E-state index in [2.05, 4.69) is 10.2 Å². The summed E-state index contributed by atoms with van der Waals surface area (Å²) in [4.78, 5) is 9.64. The zero-order valence-corrected chi connectivity index (χ0v) is 4.09. The Kier molecular flexibility index (Phi) is 1.26. The molecule has 40 valence electrons. The summed E-state index contributed by atoms with van der Waals surface area (Å²) in [7, 11) is 0. The molecule has 1 heterocycles. The Morgan fingerprint density at radius 2 is 2.75 bits per heavy atom. The summed E-state index contributed by atoms with van der Waals surface area (Å²) in [5, 5.41) is 6.18. The smallest absolute Gasteiger partial charge is 0.126 e. The van der Waals surface area contributed by atoms with Gasteiger partial charge >= 0.3 is 0 Å². The Hall–Kier alpha value is -1.34. The topological polar surface area (TPSA) is 45.8 Å². The molecule has 0 atom stereocenters. The molecular formula is C5H4N2O. The van der Waals surface area contributed by atoms with Crippen LogP contribution in [0.25, 0.3) is 6.08 Å². The van der Waals surface area contributed by atoms with E-state index in [1.54, 1.807) is 18.2 Å². The lowest BCUT2D eigenvalue weighted by atomic mass is 10.4. The van der Waals surface area contributed by atoms with Gasteiger partial charge in [0.2, 0.25) is 0 Å². The predicted molar refractivity (Wildman–Crippen MR) is 28.7 cm³/mol. The summed E-state index contributed by atoms with van der Waals surface area (Å²) in [5.74, 6) is 1.62. The number of nitrogens with zero attached hydrogens (tertiary/aromatic N) is 1. The Labute approximate surface area is 46.0 Å². The van der Waals surface area contributed by atoms with Gasteiger partial charge in [-0.1, -0.05) is 0 Å². The highest BCUT2D eigenvalue weighted by molar-refractivity contribution is 5.72. The number of H-pyrrole nitrogens is 1. The molecule has 0 bridgehead atoms. The molecule has 0 fully saturated rings. The fourth-order valence-electron chi connectivity index (χ4n) is 0.411. The first-order chi connectivity index (χ1) is 3.93. The molecule has 1 rings (SSSR count). The Morgan fingerprint density at radius 1 is 1.88 bits per heavy atom. The molecule has 0 aliphatic rings. The summed E-state index contributed by atoms with van der Waals surface area (Å²) in [6.45, 7) is 0. The van der Waals surface area contributed by atoms with Gasteiger partial charge in [-0.05, 0) is 6.07 Å². The van der Waals surface area contributed by atoms with Crippen LogP contribution in [0.5, 0.6) is 0 Å². The molecule has 0 aliphatic carbocycles. The fourth-order valence-corrected chi connectivity index (χ4v) is 0.411. The molecule has 1 aromatic rings. The van der Waals surface area contributed by atoms with Crippen molar-refractivity contribution in [2.75, 3.05) is 0 Å². The monoisotopic (exact) mass is 108 g/mol. The van der Waals surface area contributed by atoms with Gasteiger partial charge < -0.3 is 0 Å². The number of nitrogens with one attached hydrogen (secondary N) is 1. The van der Waals surface area contributed by atoms with Crippen LogP contribution in [0.3, 0.4) is 0 Å². The van der Waals surface area contributed by atoms with Gasteiger partial charge in [-0.25, -0.2) is 4.79 Å². The van der Waals surface area contributed by atoms with Crippen molar-refractivity contribution in [1.82, 2.24) is 10.2 Å². The van der Waals surface area contributed by atoms with E-state index >= 15 is 0 Å². The lowest BCUT2D eigenvalue weighted by Gasteiger charge is -1.70. The van der Waals surface area contributed by atoms with E-state index in [4.69, 9.17) is 0 Å². The Bertz CT molecular complexity index is 196. The number of hydrogen-bond acceptors (Lipinski definition) is 2. The third-order valence-corrected chi connectivity index (χ3v) is 0.737. The van der Waals surface area contributed by atoms with E-state index in [9.17, 15) is 4.79 Å². The quantitative estimate of drug-likeness (QED) is 0.524. The zero-order chi connectivity index (χ0) is 5.82. The van der Waals surface area contributed by atoms with E-state index in [0.717, 1.165) is 0 Å². The maximum atomic E-state index is 9.64. The minimum absolute atomic E-state index is 0.681. The van der Waals surface area contributed by atoms with E-state index in [0.29, 0.717) is 5.69 Å². The van der Waals surface area contributed by atoms with Crippen LogP contribution >= 0.6 is 0 Å². The van der Waals surface area contributed by atoms with Crippen molar-refractivity contribution in [3.63, 3.8) is 0 Å². The second kappa shape index (κ2) is 2.09. The second-order valence-electron chi connectivity index (χ2n) is 1.27. The average molecular weight is 108 g/mol. The van der Waals surface area contributed by atoms with Crippen LogP contribution < -0.4 is 0 Å². The van der Waals surface area contributed by atoms with Gasteiger partial charge in [0.15, 0.2) is 0 Å². The Morgan fingerprint density at radius 3 is 3.25 bits per heavy atom. The first-order valence-corrected chi connectivity index (χ1v) is 2.14. The van der Waals surface area contributed by atoms with Crippen LogP contribution in [0.15, 0.2) is 12.3 Å². The molecule has 0 amide bonds. The van der Waals surface area contributed by atoms with Gasteiger partial charge in [0.25, 0.3) is 0 Å². The van der Waals surface area contributed by atoms with Gasteiger partial charge in [0.05, 0.1) is 5.69 Å². The highest BCUT2D eigenvalue weighted by atomic mass is 16.1. The molecule has 0 aromatic carbocycles. The number of aromatic amines is 1. The molecule has 1 N–H and O–H groups in total. The predicted octanol–water partition coefficient (Wildman–Crippen LogP) is 0.254. The van der Waals surface area contributed by atoms with Gasteiger partial charge in [-0.2, -0.15) is 5.10 Å². The lowest BCUT2D eigenvalue weighted by molar-refractivity contribution is 0.570. The van der Waals surface area contributed by atoms with Crippen molar-refractivity contribution >= 4 is 12.0 Å². The first-order valence-electron chi connectivity index (χ1n) is 2.14. The molecule has 3 nitrogen and oxygen atoms in total. The number of hydrogen-bond donors (Lipinski definition) is 1. The summed E-state index contributed by atoms with van der Waals surface area (Å²) >= 11 is 0. The van der Waals surface area contributed by atoms with Crippen molar-refractivity contribution in [1.29, 1.82) is 0 Å². The molecular weight excluding hydrogens is 104 g/mol. The largest absolute Gasteiger partial charge is 0.278 e. The molecule has 3 heteroatoms. The SMILES string of the molecule is O=C=Cc1ccn[nH]1. The molecule has 0 unspecified atom stereocenters. The number of carbonyl (C=O) groups excluding carboxylic acids is 1. The van der Waals surface area contributed by atoms with Crippen molar-refractivity contribution < 1.29 is 4.79 Å². The Balaban J connectivity index is 2.93. The standard InChI is InChI=1S/C5H4N2O/c8-4-2-5-1-3-6-7-5/h1-3H,(H,6,7). The van der Waals surface area contributed by atoms with Crippen LogP contribution in [0.1, 0.15) is 5.69 Å². The molecule has 0 saturated carbocycles. The van der Waals surface area contributed by atoms with Crippen LogP contribution in [0.4, 0.5) is 0 Å². The van der Waals surface area contributed by atoms with E-state index < -0.39 is 0 Å². The van der Waals surface area contributed by atoms with Crippen molar-refractivity contribution in [2.45, 2.75) is 0 Å². The van der Waals surface area contributed by atoms with Gasteiger partial charge in [-0.3, -0.25) is 5.10 Å². The molecule has 0 spiro atoms. The van der Waals surface area contributed by atoms with Gasteiger partial charge in [0, 0.05) is 12.3 Å². The summed E-state index contributed by atoms with van der Waals surface area (Å²) in [6.07, 6.45) is 2.86. The van der Waals surface area contributed by atoms with Crippen LogP contribution in [-0.2, 0) is 4.79 Å². The van der Waals surface area contributed by atoms with Gasteiger partial charge in [0.1, 0.15) is 5.94 Å². The summed E-state index contributed by atoms with van der Waals surface area (Å²) in [6, 6.07) is 1.69. The van der Waals surface area contributed by atoms with Crippen molar-refractivity contribution in [3.05, 3.63) is 18.0 Å². The summed E-state index contributed by atoms with van der Waals surface area (Å²) in [5.41, 5.74) is 0.681. The third kappa shape index (κ3) is 0.832. The molecule has 0 radical (unpaired) electrons. The normalized spacial score (nSPS) is 8.00. The fraction of sp³-hybridized carbons (Fsp3) is 0. The van der Waals surface area contributed by atoms with Crippen molar-refractivity contribution in [3.8, 4) is 0 Å². The van der Waals surface area contributed by atoms with Crippen molar-refractivity contribution in [2.24, 2.45) is 0 Å². The highest BCUT2D eigenvalue weighted by Crippen LogP contribution is 1.88. The average Bonchev–Trinajstić information content (AvgIpc) is 2.19. The minimum atomic E-state index is 0.681. The third-order valence-electron chi connectivity index (χ3n) is 0.737. The number of rotatable bonds is 1. The minimum Gasteiger partial charge on any atom is -0.278 e. The van der Waals surface area contributed by atoms with Crippen LogP contribution in [0, 0.1) is 0 Å². The summed E-state index contributed by atoms with van der Waals surface area (Å²) < 4.78 is 0. The van der Waals surface area contributed by atoms with E-state index in [-0.39, 0.29) is 0 Å². The van der Waals surface area contributed by atoms with E-state index in [1.807, 2.05) is 0 Å². The molecule has 8 heavy (non-hydrogen) atoms. The lowest BCUT2D eigenvalue weighted by Crippen LogP contribution is -1.68. The molecule has 1 aromatic heterocycles. The van der Waals surface area contributed by atoms with Crippen LogP contribution in [0.2, 0.25) is 0 Å². The van der Waals surface area contributed by atoms with Crippen LogP contribution in [-0.4, -0.2) is 16.1 Å². The van der Waals surface area contributed by atoms with E-state index in [1.165, 1.54) is 6.08 Å². The molecule has 0 saturated heterocycles. The van der Waals surface area contributed by atoms with Gasteiger partial charge in [-0.15, -0.1) is 0 Å². The first kappa shape index (κ1) is 4.81. The molecule has 0 aliphatic heterocycles. The highest BCUT2D eigenvalue weighted by Gasteiger charge is 1.81. The maximum absolute atomic E-state index is 9.64. The second-order valence-corrected chi connectivity index (χ2v) is 1.27. The maximum Gasteiger partial charge on any atom is 0.126 e.